The molecule has 1 aromatic heterocycles. The second-order valence-corrected chi connectivity index (χ2v) is 6.89. The highest BCUT2D eigenvalue weighted by molar-refractivity contribution is 5.94. The summed E-state index contributed by atoms with van der Waals surface area (Å²) in [7, 11) is 0. The summed E-state index contributed by atoms with van der Waals surface area (Å²) >= 11 is 0. The number of amides is 1. The minimum absolute atomic E-state index is 0.194. The number of ether oxygens (including phenoxy) is 1. The maximum absolute atomic E-state index is 13.3. The van der Waals surface area contributed by atoms with Gasteiger partial charge in [-0.15, -0.1) is 0 Å². The lowest BCUT2D eigenvalue weighted by molar-refractivity contribution is 0.0937. The molecule has 7 heteroatoms. The van der Waals surface area contributed by atoms with Crippen LogP contribution in [-0.4, -0.2) is 29.1 Å². The number of benzene rings is 1. The van der Waals surface area contributed by atoms with E-state index in [2.05, 4.69) is 10.3 Å². The van der Waals surface area contributed by atoms with E-state index < -0.39 is 11.6 Å². The summed E-state index contributed by atoms with van der Waals surface area (Å²) in [4.78, 5) is 16.0. The number of pyridine rings is 1. The number of nitrogens with zero attached hydrogens (tertiary/aromatic N) is 1. The van der Waals surface area contributed by atoms with Crippen molar-refractivity contribution in [3.8, 4) is 11.6 Å². The first kappa shape index (κ1) is 19.1. The molecule has 1 fully saturated rings. The van der Waals surface area contributed by atoms with Crippen molar-refractivity contribution in [2.45, 2.75) is 25.7 Å². The number of hydrogen-bond donors (Lipinski definition) is 2. The van der Waals surface area contributed by atoms with Crippen LogP contribution in [0.2, 0.25) is 0 Å². The molecule has 0 bridgehead atoms. The molecule has 5 nitrogen and oxygen atoms in total. The van der Waals surface area contributed by atoms with Gasteiger partial charge in [-0.05, 0) is 61.8 Å². The summed E-state index contributed by atoms with van der Waals surface area (Å²) in [6.45, 7) is 1.08. The number of nitrogens with one attached hydrogen (secondary N) is 1. The molecule has 0 atom stereocenters. The zero-order chi connectivity index (χ0) is 19.2. The van der Waals surface area contributed by atoms with Crippen LogP contribution in [0.25, 0.3) is 0 Å². The molecule has 0 spiro atoms. The van der Waals surface area contributed by atoms with Crippen LogP contribution in [0.4, 0.5) is 8.78 Å². The van der Waals surface area contributed by atoms with Crippen molar-refractivity contribution in [1.29, 1.82) is 0 Å². The standard InChI is InChI=1S/C20H22F2N2O3/c21-16-6-8-19(23-11-16)27-12-14-3-1-13(2-4-14)10-24-20(26)15-5-7-18(25)17(22)9-15/h5-9,11,13-14,25H,1-4,10,12H2,(H,24,26)/t13-,14+. The summed E-state index contributed by atoms with van der Waals surface area (Å²) in [6, 6.07) is 6.43. The summed E-state index contributed by atoms with van der Waals surface area (Å²) in [5.41, 5.74) is 0.194. The highest BCUT2D eigenvalue weighted by Crippen LogP contribution is 2.29. The van der Waals surface area contributed by atoms with Crippen LogP contribution in [0.5, 0.6) is 11.6 Å². The number of carbonyl (C=O) groups is 1. The van der Waals surface area contributed by atoms with E-state index in [0.717, 1.165) is 37.9 Å². The molecule has 0 unspecified atom stereocenters. The van der Waals surface area contributed by atoms with Crippen molar-refractivity contribution in [3.63, 3.8) is 0 Å². The molecule has 0 saturated heterocycles. The minimum atomic E-state index is -0.807. The van der Waals surface area contributed by atoms with Crippen LogP contribution in [-0.2, 0) is 0 Å². The predicted octanol–water partition coefficient (Wildman–Crippen LogP) is 3.68. The molecule has 1 saturated carbocycles. The number of phenolic OH excluding ortho intramolecular Hbond substituents is 1. The lowest BCUT2D eigenvalue weighted by Crippen LogP contribution is -2.32. The number of halogens is 2. The van der Waals surface area contributed by atoms with Gasteiger partial charge in [-0.2, -0.15) is 0 Å². The number of aromatic nitrogens is 1. The van der Waals surface area contributed by atoms with E-state index in [1.165, 1.54) is 24.3 Å². The van der Waals surface area contributed by atoms with Crippen molar-refractivity contribution < 1.29 is 23.4 Å². The number of hydrogen-bond acceptors (Lipinski definition) is 4. The van der Waals surface area contributed by atoms with Crippen LogP contribution in [0.3, 0.4) is 0 Å². The number of rotatable bonds is 6. The zero-order valence-electron chi connectivity index (χ0n) is 14.8. The fraction of sp³-hybridized carbons (Fsp3) is 0.400. The predicted molar refractivity (Wildman–Crippen MR) is 95.5 cm³/mol. The van der Waals surface area contributed by atoms with Gasteiger partial charge in [0.25, 0.3) is 5.91 Å². The Balaban J connectivity index is 1.38. The molecule has 27 heavy (non-hydrogen) atoms. The average molecular weight is 376 g/mol. The first-order chi connectivity index (χ1) is 13.0. The molecule has 0 aliphatic heterocycles. The monoisotopic (exact) mass is 376 g/mol. The molecule has 2 aromatic rings. The third-order valence-corrected chi connectivity index (χ3v) is 4.89. The van der Waals surface area contributed by atoms with Gasteiger partial charge in [-0.1, -0.05) is 0 Å². The van der Waals surface area contributed by atoms with Crippen molar-refractivity contribution in [3.05, 3.63) is 53.7 Å². The smallest absolute Gasteiger partial charge is 0.251 e. The van der Waals surface area contributed by atoms with Crippen molar-refractivity contribution >= 4 is 5.91 Å². The molecule has 1 amide bonds. The van der Waals surface area contributed by atoms with Gasteiger partial charge in [-0.3, -0.25) is 4.79 Å². The Kier molecular flexibility index (Phi) is 6.21. The Hall–Kier alpha value is -2.70. The maximum atomic E-state index is 13.3. The second-order valence-electron chi connectivity index (χ2n) is 6.89. The zero-order valence-corrected chi connectivity index (χ0v) is 14.8. The summed E-state index contributed by atoms with van der Waals surface area (Å²) in [5, 5.41) is 12.0. The molecule has 2 N–H and O–H groups in total. The van der Waals surface area contributed by atoms with Gasteiger partial charge < -0.3 is 15.2 Å². The van der Waals surface area contributed by atoms with E-state index in [4.69, 9.17) is 4.74 Å². The fourth-order valence-electron chi connectivity index (χ4n) is 3.24. The lowest BCUT2D eigenvalue weighted by Gasteiger charge is -2.28. The largest absolute Gasteiger partial charge is 0.505 e. The van der Waals surface area contributed by atoms with E-state index in [1.54, 1.807) is 0 Å². The Labute approximate surface area is 156 Å². The van der Waals surface area contributed by atoms with E-state index in [1.807, 2.05) is 0 Å². The Morgan fingerprint density at radius 1 is 1.15 bits per heavy atom. The first-order valence-corrected chi connectivity index (χ1v) is 9.02. The third kappa shape index (κ3) is 5.39. The molecular formula is C20H22F2N2O3. The molecule has 1 aliphatic rings. The molecule has 1 aliphatic carbocycles. The maximum Gasteiger partial charge on any atom is 0.251 e. The number of carbonyl (C=O) groups excluding carboxylic acids is 1. The lowest BCUT2D eigenvalue weighted by atomic mass is 9.82. The summed E-state index contributed by atoms with van der Waals surface area (Å²) < 4.78 is 31.8. The van der Waals surface area contributed by atoms with Gasteiger partial charge in [0.2, 0.25) is 5.88 Å². The molecular weight excluding hydrogens is 354 g/mol. The van der Waals surface area contributed by atoms with Gasteiger partial charge in [0.15, 0.2) is 11.6 Å². The van der Waals surface area contributed by atoms with Gasteiger partial charge in [0.05, 0.1) is 12.8 Å². The minimum Gasteiger partial charge on any atom is -0.505 e. The van der Waals surface area contributed by atoms with Gasteiger partial charge in [-0.25, -0.2) is 13.8 Å². The summed E-state index contributed by atoms with van der Waals surface area (Å²) in [6.07, 6.45) is 5.03. The van der Waals surface area contributed by atoms with Crippen molar-refractivity contribution in [1.82, 2.24) is 10.3 Å². The molecule has 3 rings (SSSR count). The molecule has 1 aromatic carbocycles. The Morgan fingerprint density at radius 3 is 2.56 bits per heavy atom. The van der Waals surface area contributed by atoms with Crippen LogP contribution >= 0.6 is 0 Å². The van der Waals surface area contributed by atoms with Gasteiger partial charge in [0.1, 0.15) is 5.82 Å². The quantitative estimate of drug-likeness (QED) is 0.807. The Bertz CT molecular complexity index is 775. The number of aromatic hydroxyl groups is 1. The van der Waals surface area contributed by atoms with Crippen molar-refractivity contribution in [2.75, 3.05) is 13.2 Å². The average Bonchev–Trinajstić information content (AvgIpc) is 2.68. The Morgan fingerprint density at radius 2 is 1.89 bits per heavy atom. The molecule has 144 valence electrons. The van der Waals surface area contributed by atoms with E-state index in [9.17, 15) is 18.7 Å². The van der Waals surface area contributed by atoms with Crippen LogP contribution in [0.15, 0.2) is 36.5 Å². The van der Waals surface area contributed by atoms with E-state index in [0.29, 0.717) is 30.9 Å². The van der Waals surface area contributed by atoms with E-state index >= 15 is 0 Å². The molecule has 1 heterocycles. The highest BCUT2D eigenvalue weighted by Gasteiger charge is 2.22. The van der Waals surface area contributed by atoms with Crippen molar-refractivity contribution in [2.24, 2.45) is 11.8 Å². The van der Waals surface area contributed by atoms with Gasteiger partial charge >= 0.3 is 0 Å². The third-order valence-electron chi connectivity index (χ3n) is 4.89. The van der Waals surface area contributed by atoms with E-state index in [-0.39, 0.29) is 17.3 Å². The normalized spacial score (nSPS) is 19.5. The molecule has 0 radical (unpaired) electrons. The topological polar surface area (TPSA) is 71.5 Å². The van der Waals surface area contributed by atoms with Crippen LogP contribution < -0.4 is 10.1 Å². The first-order valence-electron chi connectivity index (χ1n) is 9.02. The summed E-state index contributed by atoms with van der Waals surface area (Å²) in [5.74, 6) is -0.804. The van der Waals surface area contributed by atoms with Gasteiger partial charge in [0, 0.05) is 18.2 Å². The second kappa shape index (κ2) is 8.79. The SMILES string of the molecule is O=C(NC[C@H]1CC[C@@H](COc2ccc(F)cn2)CC1)c1ccc(O)c(F)c1. The highest BCUT2D eigenvalue weighted by atomic mass is 19.1. The van der Waals surface area contributed by atoms with Crippen LogP contribution in [0, 0.1) is 23.5 Å². The number of phenols is 1. The fourth-order valence-corrected chi connectivity index (χ4v) is 3.24. The van der Waals surface area contributed by atoms with Crippen LogP contribution in [0.1, 0.15) is 36.0 Å².